The Balaban J connectivity index is 4.44. The average Bonchev–Trinajstić information content (AvgIpc) is 2.03. The second-order valence-corrected chi connectivity index (χ2v) is 3.24. The number of hydrogen-bond acceptors (Lipinski definition) is 2. The quantitative estimate of drug-likeness (QED) is 0.488. The molecule has 0 spiro atoms. The van der Waals surface area contributed by atoms with E-state index in [2.05, 4.69) is 24.5 Å². The van der Waals surface area contributed by atoms with Crippen LogP contribution in [0.2, 0.25) is 0 Å². The molecule has 0 saturated carbocycles. The van der Waals surface area contributed by atoms with E-state index in [0.717, 1.165) is 5.57 Å². The van der Waals surface area contributed by atoms with Crippen LogP contribution in [0.1, 0.15) is 13.8 Å². The Hall–Kier alpha value is -1.18. The molecular formula is C11H19NO. The molecule has 0 aromatic rings. The van der Waals surface area contributed by atoms with Gasteiger partial charge < -0.3 is 9.64 Å². The number of allylic oxidation sites excluding steroid dienone is 4. The first-order chi connectivity index (χ1) is 5.97. The van der Waals surface area contributed by atoms with Crippen molar-refractivity contribution in [2.45, 2.75) is 13.8 Å². The zero-order chi connectivity index (χ0) is 10.4. The van der Waals surface area contributed by atoms with Crippen molar-refractivity contribution in [2.24, 2.45) is 0 Å². The van der Waals surface area contributed by atoms with Crippen molar-refractivity contribution >= 4 is 0 Å². The van der Waals surface area contributed by atoms with Crippen molar-refractivity contribution in [3.63, 3.8) is 0 Å². The molecule has 0 aliphatic carbocycles. The Morgan fingerprint density at radius 3 is 2.15 bits per heavy atom. The number of rotatable bonds is 4. The molecule has 13 heavy (non-hydrogen) atoms. The zero-order valence-electron chi connectivity index (χ0n) is 9.22. The highest BCUT2D eigenvalue weighted by Gasteiger charge is 1.92. The summed E-state index contributed by atoms with van der Waals surface area (Å²) in [7, 11) is 5.66. The minimum absolute atomic E-state index is 0.681. The summed E-state index contributed by atoms with van der Waals surface area (Å²) in [4.78, 5) is 2.06. The van der Waals surface area contributed by atoms with Crippen LogP contribution in [0.25, 0.3) is 0 Å². The van der Waals surface area contributed by atoms with Crippen LogP contribution in [0.15, 0.2) is 35.8 Å². The first kappa shape index (κ1) is 11.8. The highest BCUT2D eigenvalue weighted by atomic mass is 16.5. The monoisotopic (exact) mass is 181 g/mol. The van der Waals surface area contributed by atoms with Gasteiger partial charge >= 0.3 is 0 Å². The highest BCUT2D eigenvalue weighted by Crippen LogP contribution is 2.06. The van der Waals surface area contributed by atoms with Gasteiger partial charge in [-0.2, -0.15) is 0 Å². The lowest BCUT2D eigenvalue weighted by Crippen LogP contribution is -2.07. The summed E-state index contributed by atoms with van der Waals surface area (Å²) in [5.74, 6) is 0.681. The van der Waals surface area contributed by atoms with Crippen LogP contribution in [-0.4, -0.2) is 26.1 Å². The van der Waals surface area contributed by atoms with E-state index in [4.69, 9.17) is 4.74 Å². The van der Waals surface area contributed by atoms with E-state index < -0.39 is 0 Å². The van der Waals surface area contributed by atoms with E-state index in [9.17, 15) is 0 Å². The van der Waals surface area contributed by atoms with Gasteiger partial charge in [0.25, 0.3) is 0 Å². The Bertz CT molecular complexity index is 236. The van der Waals surface area contributed by atoms with Gasteiger partial charge in [0.2, 0.25) is 0 Å². The molecule has 0 saturated heterocycles. The van der Waals surface area contributed by atoms with E-state index in [1.54, 1.807) is 7.11 Å². The molecule has 2 nitrogen and oxygen atoms in total. The van der Waals surface area contributed by atoms with E-state index in [0.29, 0.717) is 5.76 Å². The van der Waals surface area contributed by atoms with Crippen LogP contribution in [-0.2, 0) is 4.74 Å². The molecule has 0 aliphatic rings. The van der Waals surface area contributed by atoms with Crippen LogP contribution < -0.4 is 0 Å². The molecule has 0 fully saturated rings. The van der Waals surface area contributed by atoms with Crippen molar-refractivity contribution < 1.29 is 4.74 Å². The van der Waals surface area contributed by atoms with Gasteiger partial charge in [-0.3, -0.25) is 0 Å². The van der Waals surface area contributed by atoms with Crippen molar-refractivity contribution in [3.8, 4) is 0 Å². The molecule has 0 heterocycles. The van der Waals surface area contributed by atoms with Gasteiger partial charge in [-0.1, -0.05) is 6.58 Å². The molecule has 0 aromatic heterocycles. The summed E-state index contributed by atoms with van der Waals surface area (Å²) in [5, 5.41) is 0. The van der Waals surface area contributed by atoms with Crippen LogP contribution in [0, 0.1) is 0 Å². The first-order valence-electron chi connectivity index (χ1n) is 4.24. The molecule has 0 rings (SSSR count). The van der Waals surface area contributed by atoms with Gasteiger partial charge in [0, 0.05) is 19.8 Å². The number of nitrogens with zero attached hydrogens (tertiary/aromatic N) is 1. The van der Waals surface area contributed by atoms with Crippen molar-refractivity contribution in [1.29, 1.82) is 0 Å². The lowest BCUT2D eigenvalue weighted by atomic mass is 10.2. The van der Waals surface area contributed by atoms with Crippen LogP contribution in [0.4, 0.5) is 0 Å². The normalized spacial score (nSPS) is 12.7. The fourth-order valence-corrected chi connectivity index (χ4v) is 0.813. The van der Waals surface area contributed by atoms with Crippen molar-refractivity contribution in [3.05, 3.63) is 35.8 Å². The zero-order valence-corrected chi connectivity index (χ0v) is 9.22. The topological polar surface area (TPSA) is 12.5 Å². The maximum absolute atomic E-state index is 4.95. The standard InChI is InChI=1S/C11H19NO/c1-9(8-11(3)13-6)7-10(2)12(4)5/h7-8H,3H2,1-2,4-6H3. The molecule has 0 N–H and O–H groups in total. The third-order valence-corrected chi connectivity index (χ3v) is 1.79. The van der Waals surface area contributed by atoms with E-state index >= 15 is 0 Å². The maximum atomic E-state index is 4.95. The van der Waals surface area contributed by atoms with E-state index in [-0.39, 0.29) is 0 Å². The summed E-state index contributed by atoms with van der Waals surface area (Å²) in [6, 6.07) is 0. The molecule has 0 bridgehead atoms. The number of ether oxygens (including phenoxy) is 1. The predicted molar refractivity (Wildman–Crippen MR) is 57.4 cm³/mol. The molecule has 0 atom stereocenters. The summed E-state index contributed by atoms with van der Waals surface area (Å²) in [6.45, 7) is 7.81. The third kappa shape index (κ3) is 5.12. The number of hydrogen-bond donors (Lipinski definition) is 0. The second kappa shape index (κ2) is 5.46. The highest BCUT2D eigenvalue weighted by molar-refractivity contribution is 5.26. The van der Waals surface area contributed by atoms with Crippen LogP contribution >= 0.6 is 0 Å². The Kier molecular flexibility index (Phi) is 4.97. The average molecular weight is 181 g/mol. The Morgan fingerprint density at radius 2 is 1.77 bits per heavy atom. The lowest BCUT2D eigenvalue weighted by Gasteiger charge is -2.12. The number of methoxy groups -OCH3 is 1. The largest absolute Gasteiger partial charge is 0.497 e. The molecule has 0 radical (unpaired) electrons. The first-order valence-corrected chi connectivity index (χ1v) is 4.24. The molecule has 0 amide bonds. The lowest BCUT2D eigenvalue weighted by molar-refractivity contribution is 0.308. The van der Waals surface area contributed by atoms with Gasteiger partial charge in [0.1, 0.15) is 5.76 Å². The SMILES string of the molecule is C=C(C=C(C)C=C(C)N(C)C)OC. The third-order valence-electron chi connectivity index (χ3n) is 1.79. The molecule has 74 valence electrons. The summed E-state index contributed by atoms with van der Waals surface area (Å²) in [6.07, 6.45) is 4.00. The molecule has 0 unspecified atom stereocenters. The Labute approximate surface area is 81.2 Å². The van der Waals surface area contributed by atoms with E-state index in [1.165, 1.54) is 5.70 Å². The van der Waals surface area contributed by atoms with Gasteiger partial charge in [0.15, 0.2) is 0 Å². The molecule has 2 heteroatoms. The summed E-state index contributed by atoms with van der Waals surface area (Å²) in [5.41, 5.74) is 2.34. The van der Waals surface area contributed by atoms with Gasteiger partial charge in [-0.25, -0.2) is 0 Å². The van der Waals surface area contributed by atoms with Crippen LogP contribution in [0.5, 0.6) is 0 Å². The fourth-order valence-electron chi connectivity index (χ4n) is 0.813. The van der Waals surface area contributed by atoms with Gasteiger partial charge in [-0.05, 0) is 31.6 Å². The van der Waals surface area contributed by atoms with Crippen molar-refractivity contribution in [1.82, 2.24) is 4.90 Å². The van der Waals surface area contributed by atoms with Gasteiger partial charge in [0.05, 0.1) is 7.11 Å². The van der Waals surface area contributed by atoms with Crippen LogP contribution in [0.3, 0.4) is 0 Å². The van der Waals surface area contributed by atoms with Crippen molar-refractivity contribution in [2.75, 3.05) is 21.2 Å². The fraction of sp³-hybridized carbons (Fsp3) is 0.455. The summed E-state index contributed by atoms with van der Waals surface area (Å²) < 4.78 is 4.95. The predicted octanol–water partition coefficient (Wildman–Crippen LogP) is 2.56. The molecule has 0 aliphatic heterocycles. The van der Waals surface area contributed by atoms with E-state index in [1.807, 2.05) is 27.1 Å². The van der Waals surface area contributed by atoms with Gasteiger partial charge in [-0.15, -0.1) is 0 Å². The second-order valence-electron chi connectivity index (χ2n) is 3.24. The molecule has 0 aromatic carbocycles. The smallest absolute Gasteiger partial charge is 0.111 e. The minimum atomic E-state index is 0.681. The maximum Gasteiger partial charge on any atom is 0.111 e. The molecular weight excluding hydrogens is 162 g/mol. The minimum Gasteiger partial charge on any atom is -0.497 e. The summed E-state index contributed by atoms with van der Waals surface area (Å²) >= 11 is 0. The Morgan fingerprint density at radius 1 is 1.23 bits per heavy atom.